The zero-order chi connectivity index (χ0) is 21.1. The molecule has 3 aromatic carbocycles. The Bertz CT molecular complexity index is 1210. The van der Waals surface area contributed by atoms with Crippen LogP contribution in [0.3, 0.4) is 0 Å². The minimum absolute atomic E-state index is 0.164. The van der Waals surface area contributed by atoms with Crippen molar-refractivity contribution >= 4 is 22.3 Å². The molecule has 3 aromatic rings. The fraction of sp³-hybridized carbons (Fsp3) is 0.125. The molecule has 1 unspecified atom stereocenters. The summed E-state index contributed by atoms with van der Waals surface area (Å²) in [5.74, 6) is 1.67. The van der Waals surface area contributed by atoms with Crippen LogP contribution in [-0.2, 0) is 10.0 Å². The Kier molecular flexibility index (Phi) is 5.42. The van der Waals surface area contributed by atoms with Gasteiger partial charge in [-0.3, -0.25) is 0 Å². The van der Waals surface area contributed by atoms with E-state index < -0.39 is 15.9 Å². The highest BCUT2D eigenvalue weighted by atomic mass is 32.2. The fourth-order valence-corrected chi connectivity index (χ4v) is 4.11. The van der Waals surface area contributed by atoms with Gasteiger partial charge in [0.25, 0.3) is 10.0 Å². The van der Waals surface area contributed by atoms with E-state index in [1.807, 2.05) is 61.5 Å². The molecule has 30 heavy (non-hydrogen) atoms. The van der Waals surface area contributed by atoms with Crippen molar-refractivity contribution in [1.29, 1.82) is 0 Å². The lowest BCUT2D eigenvalue weighted by atomic mass is 9.99. The average molecular weight is 420 g/mol. The van der Waals surface area contributed by atoms with E-state index in [1.165, 1.54) is 6.21 Å². The number of allylic oxidation sites excluding steroid dienone is 1. The molecular weight excluding hydrogens is 398 g/mol. The van der Waals surface area contributed by atoms with Gasteiger partial charge in [-0.25, -0.2) is 0 Å². The summed E-state index contributed by atoms with van der Waals surface area (Å²) < 4.78 is 40.5. The van der Waals surface area contributed by atoms with Gasteiger partial charge in [0.15, 0.2) is 0 Å². The summed E-state index contributed by atoms with van der Waals surface area (Å²) in [6.07, 6.45) is 3.32. The van der Waals surface area contributed by atoms with E-state index in [9.17, 15) is 8.42 Å². The molecule has 5 nitrogen and oxygen atoms in total. The lowest BCUT2D eigenvalue weighted by Gasteiger charge is -2.07. The second-order valence-corrected chi connectivity index (χ2v) is 8.61. The van der Waals surface area contributed by atoms with Gasteiger partial charge in [0, 0.05) is 11.8 Å². The maximum Gasteiger partial charge on any atom is 0.282 e. The van der Waals surface area contributed by atoms with E-state index in [2.05, 4.69) is 4.40 Å². The predicted molar refractivity (Wildman–Crippen MR) is 118 cm³/mol. The molecule has 0 radical (unpaired) electrons. The highest BCUT2D eigenvalue weighted by Crippen LogP contribution is 2.40. The molecular formula is C24H21NO4S. The quantitative estimate of drug-likeness (QED) is 0.547. The molecule has 0 saturated heterocycles. The molecule has 0 spiro atoms. The minimum Gasteiger partial charge on any atom is -0.497 e. The maximum absolute atomic E-state index is 12.7. The molecule has 0 saturated carbocycles. The summed E-state index contributed by atoms with van der Waals surface area (Å²) in [5.41, 5.74) is 2.78. The Hall–Kier alpha value is -3.38. The Labute approximate surface area is 176 Å². The monoisotopic (exact) mass is 419 g/mol. The number of sulfonamides is 1. The molecule has 0 amide bonds. The van der Waals surface area contributed by atoms with Crippen LogP contribution >= 0.6 is 0 Å². The van der Waals surface area contributed by atoms with Gasteiger partial charge in [0.1, 0.15) is 17.3 Å². The van der Waals surface area contributed by atoms with Crippen molar-refractivity contribution in [2.75, 3.05) is 7.11 Å². The molecule has 6 heteroatoms. The molecule has 0 aromatic heterocycles. The Morgan fingerprint density at radius 2 is 1.67 bits per heavy atom. The van der Waals surface area contributed by atoms with Crippen molar-refractivity contribution in [2.24, 2.45) is 4.40 Å². The van der Waals surface area contributed by atoms with E-state index in [0.717, 1.165) is 22.4 Å². The number of para-hydroxylation sites is 1. The standard InChI is InChI=1S/C24H21NO4S/c1-17-7-13-20(14-8-17)30(26,27)25-16-22-21-5-3-4-6-23(21)29-24(22)15-18-9-11-19(28-2)12-10-18/h3-16,22H,1-2H3/b24-15-,25-16?. The number of benzene rings is 3. The number of hydrogen-bond donors (Lipinski definition) is 0. The number of fused-ring (bicyclic) bond motifs is 1. The fourth-order valence-electron chi connectivity index (χ4n) is 3.22. The van der Waals surface area contributed by atoms with Crippen LogP contribution in [0.5, 0.6) is 11.5 Å². The molecule has 152 valence electrons. The first kappa shape index (κ1) is 19.9. The normalized spacial score (nSPS) is 17.1. The number of hydrogen-bond acceptors (Lipinski definition) is 4. The van der Waals surface area contributed by atoms with Gasteiger partial charge >= 0.3 is 0 Å². The topological polar surface area (TPSA) is 65.0 Å². The molecule has 0 aliphatic carbocycles. The predicted octanol–water partition coefficient (Wildman–Crippen LogP) is 4.98. The SMILES string of the molecule is COc1ccc(/C=C2\Oc3ccccc3C2C=NS(=O)(=O)c2ccc(C)cc2)cc1. The summed E-state index contributed by atoms with van der Waals surface area (Å²) in [4.78, 5) is 0.164. The van der Waals surface area contributed by atoms with Crippen LogP contribution in [0.25, 0.3) is 6.08 Å². The summed E-state index contributed by atoms with van der Waals surface area (Å²) in [7, 11) is -2.19. The van der Waals surface area contributed by atoms with Crippen LogP contribution in [0.15, 0.2) is 87.8 Å². The largest absolute Gasteiger partial charge is 0.497 e. The molecule has 0 bridgehead atoms. The van der Waals surface area contributed by atoms with Crippen LogP contribution in [0.4, 0.5) is 0 Å². The lowest BCUT2D eigenvalue weighted by Crippen LogP contribution is -2.04. The number of nitrogens with zero attached hydrogens (tertiary/aromatic N) is 1. The van der Waals surface area contributed by atoms with Crippen LogP contribution in [0.1, 0.15) is 22.6 Å². The lowest BCUT2D eigenvalue weighted by molar-refractivity contribution is 0.414. The number of rotatable bonds is 5. The Balaban J connectivity index is 1.69. The van der Waals surface area contributed by atoms with E-state index in [0.29, 0.717) is 11.5 Å². The summed E-state index contributed by atoms with van der Waals surface area (Å²) >= 11 is 0. The van der Waals surface area contributed by atoms with Crippen LogP contribution in [-0.4, -0.2) is 21.7 Å². The number of methoxy groups -OCH3 is 1. The third-order valence-electron chi connectivity index (χ3n) is 4.88. The molecule has 1 heterocycles. The molecule has 0 N–H and O–H groups in total. The second-order valence-electron chi connectivity index (χ2n) is 6.98. The molecule has 0 fully saturated rings. The van der Waals surface area contributed by atoms with Gasteiger partial charge in [-0.15, -0.1) is 0 Å². The van der Waals surface area contributed by atoms with E-state index in [-0.39, 0.29) is 4.90 Å². The van der Waals surface area contributed by atoms with Gasteiger partial charge in [-0.1, -0.05) is 48.0 Å². The van der Waals surface area contributed by atoms with Crippen molar-refractivity contribution in [3.63, 3.8) is 0 Å². The molecule has 1 aliphatic rings. The minimum atomic E-state index is -3.80. The highest BCUT2D eigenvalue weighted by Gasteiger charge is 2.29. The smallest absolute Gasteiger partial charge is 0.282 e. The molecule has 1 aliphatic heterocycles. The zero-order valence-corrected chi connectivity index (χ0v) is 17.5. The van der Waals surface area contributed by atoms with E-state index in [4.69, 9.17) is 9.47 Å². The first-order valence-electron chi connectivity index (χ1n) is 9.46. The number of ether oxygens (including phenoxy) is 2. The molecule has 4 rings (SSSR count). The first-order valence-corrected chi connectivity index (χ1v) is 10.9. The van der Waals surface area contributed by atoms with Gasteiger partial charge in [0.2, 0.25) is 0 Å². The van der Waals surface area contributed by atoms with Crippen LogP contribution < -0.4 is 9.47 Å². The van der Waals surface area contributed by atoms with Crippen LogP contribution in [0, 0.1) is 6.92 Å². The summed E-state index contributed by atoms with van der Waals surface area (Å²) in [6.45, 7) is 1.91. The Morgan fingerprint density at radius 3 is 2.37 bits per heavy atom. The summed E-state index contributed by atoms with van der Waals surface area (Å²) in [5, 5.41) is 0. The Morgan fingerprint density at radius 1 is 0.967 bits per heavy atom. The average Bonchev–Trinajstić information content (AvgIpc) is 3.10. The van der Waals surface area contributed by atoms with Crippen molar-refractivity contribution in [3.8, 4) is 11.5 Å². The van der Waals surface area contributed by atoms with Crippen molar-refractivity contribution in [3.05, 3.63) is 95.2 Å². The summed E-state index contributed by atoms with van der Waals surface area (Å²) in [6, 6.07) is 21.7. The molecule has 1 atom stereocenters. The second kappa shape index (κ2) is 8.16. The van der Waals surface area contributed by atoms with Gasteiger partial charge < -0.3 is 9.47 Å². The van der Waals surface area contributed by atoms with Crippen molar-refractivity contribution < 1.29 is 17.9 Å². The van der Waals surface area contributed by atoms with Gasteiger partial charge in [0.05, 0.1) is 17.9 Å². The van der Waals surface area contributed by atoms with Crippen molar-refractivity contribution in [2.45, 2.75) is 17.7 Å². The third kappa shape index (κ3) is 4.14. The van der Waals surface area contributed by atoms with Crippen molar-refractivity contribution in [1.82, 2.24) is 0 Å². The third-order valence-corrected chi connectivity index (χ3v) is 6.15. The van der Waals surface area contributed by atoms with Crippen LogP contribution in [0.2, 0.25) is 0 Å². The van der Waals surface area contributed by atoms with E-state index >= 15 is 0 Å². The number of aryl methyl sites for hydroxylation is 1. The highest BCUT2D eigenvalue weighted by molar-refractivity contribution is 7.90. The first-order chi connectivity index (χ1) is 14.5. The van der Waals surface area contributed by atoms with Gasteiger partial charge in [-0.2, -0.15) is 12.8 Å². The van der Waals surface area contributed by atoms with E-state index in [1.54, 1.807) is 31.4 Å². The maximum atomic E-state index is 12.7. The zero-order valence-electron chi connectivity index (χ0n) is 16.6. The van der Waals surface area contributed by atoms with Gasteiger partial charge in [-0.05, 0) is 48.9 Å².